The Morgan fingerprint density at radius 1 is 1.37 bits per heavy atom. The average molecular weight is 260 g/mol. The van der Waals surface area contributed by atoms with Crippen LogP contribution < -0.4 is 10.6 Å². The molecular formula is C16H24N2O. The number of hydrogen-bond acceptors (Lipinski definition) is 2. The summed E-state index contributed by atoms with van der Waals surface area (Å²) >= 11 is 0. The van der Waals surface area contributed by atoms with Gasteiger partial charge in [0.2, 0.25) is 5.91 Å². The van der Waals surface area contributed by atoms with Crippen molar-refractivity contribution < 1.29 is 4.79 Å². The molecule has 1 heterocycles. The minimum absolute atomic E-state index is 0.188. The molecule has 0 aliphatic carbocycles. The van der Waals surface area contributed by atoms with E-state index in [0.29, 0.717) is 18.9 Å². The van der Waals surface area contributed by atoms with Gasteiger partial charge in [-0.25, -0.2) is 0 Å². The molecule has 1 unspecified atom stereocenters. The summed E-state index contributed by atoms with van der Waals surface area (Å²) in [7, 11) is 0. The summed E-state index contributed by atoms with van der Waals surface area (Å²) in [6, 6.07) is 8.19. The number of anilines is 1. The van der Waals surface area contributed by atoms with Gasteiger partial charge in [-0.1, -0.05) is 32.0 Å². The van der Waals surface area contributed by atoms with Gasteiger partial charge in [0.25, 0.3) is 0 Å². The van der Waals surface area contributed by atoms with Crippen molar-refractivity contribution in [2.24, 2.45) is 11.7 Å². The summed E-state index contributed by atoms with van der Waals surface area (Å²) < 4.78 is 0. The largest absolute Gasteiger partial charge is 0.330 e. The van der Waals surface area contributed by atoms with Gasteiger partial charge < -0.3 is 10.6 Å². The molecule has 2 N–H and O–H groups in total. The first-order valence-electron chi connectivity index (χ1n) is 7.01. The average Bonchev–Trinajstić information content (AvgIpc) is 2.58. The summed E-state index contributed by atoms with van der Waals surface area (Å²) in [6.45, 7) is 9.11. The van der Waals surface area contributed by atoms with Crippen LogP contribution in [0.2, 0.25) is 0 Å². The number of para-hydroxylation sites is 1. The molecule has 1 saturated heterocycles. The topological polar surface area (TPSA) is 46.3 Å². The standard InChI is InChI=1S/C16H24N2O/c1-11(2)13-7-5-6-8-14(13)18-15(19)9-12(10-17)16(18,3)4/h5-8,11-12H,9-10,17H2,1-4H3. The summed E-state index contributed by atoms with van der Waals surface area (Å²) in [5.41, 5.74) is 7.89. The van der Waals surface area contributed by atoms with Crippen LogP contribution in [0, 0.1) is 5.92 Å². The van der Waals surface area contributed by atoms with Gasteiger partial charge in [-0.05, 0) is 37.9 Å². The molecule has 0 radical (unpaired) electrons. The van der Waals surface area contributed by atoms with Gasteiger partial charge >= 0.3 is 0 Å². The van der Waals surface area contributed by atoms with Crippen LogP contribution in [0.1, 0.15) is 45.6 Å². The SMILES string of the molecule is CC(C)c1ccccc1N1C(=O)CC(CN)C1(C)C. The van der Waals surface area contributed by atoms with Crippen molar-refractivity contribution in [1.82, 2.24) is 0 Å². The molecule has 1 aliphatic heterocycles. The first-order valence-corrected chi connectivity index (χ1v) is 7.01. The molecular weight excluding hydrogens is 236 g/mol. The molecule has 1 aliphatic rings. The van der Waals surface area contributed by atoms with E-state index in [0.717, 1.165) is 5.69 Å². The van der Waals surface area contributed by atoms with Crippen LogP contribution in [-0.2, 0) is 4.79 Å². The van der Waals surface area contributed by atoms with Crippen LogP contribution in [0.5, 0.6) is 0 Å². The molecule has 0 aromatic heterocycles. The fourth-order valence-corrected chi connectivity index (χ4v) is 3.05. The van der Waals surface area contributed by atoms with Crippen LogP contribution in [0.25, 0.3) is 0 Å². The van der Waals surface area contributed by atoms with Gasteiger partial charge in [-0.2, -0.15) is 0 Å². The Morgan fingerprint density at radius 2 is 2.00 bits per heavy atom. The maximum Gasteiger partial charge on any atom is 0.227 e. The number of carbonyl (C=O) groups excluding carboxylic acids is 1. The number of rotatable bonds is 3. The Balaban J connectivity index is 2.50. The Labute approximate surface area is 115 Å². The first-order chi connectivity index (χ1) is 8.89. The number of benzene rings is 1. The smallest absolute Gasteiger partial charge is 0.227 e. The van der Waals surface area contributed by atoms with Gasteiger partial charge in [0.05, 0.1) is 0 Å². The highest BCUT2D eigenvalue weighted by Crippen LogP contribution is 2.41. The summed E-state index contributed by atoms with van der Waals surface area (Å²) in [5, 5.41) is 0. The molecule has 1 amide bonds. The second-order valence-electron chi connectivity index (χ2n) is 6.23. The van der Waals surface area contributed by atoms with Gasteiger partial charge in [0.15, 0.2) is 0 Å². The molecule has 1 fully saturated rings. The zero-order valence-corrected chi connectivity index (χ0v) is 12.3. The van der Waals surface area contributed by atoms with Crippen LogP contribution >= 0.6 is 0 Å². The van der Waals surface area contributed by atoms with Crippen molar-refractivity contribution in [3.05, 3.63) is 29.8 Å². The maximum atomic E-state index is 12.4. The van der Waals surface area contributed by atoms with E-state index in [4.69, 9.17) is 5.73 Å². The normalized spacial score (nSPS) is 22.3. The predicted octanol–water partition coefficient (Wildman–Crippen LogP) is 2.90. The quantitative estimate of drug-likeness (QED) is 0.908. The highest BCUT2D eigenvalue weighted by molar-refractivity contribution is 5.98. The van der Waals surface area contributed by atoms with E-state index in [1.807, 2.05) is 23.1 Å². The van der Waals surface area contributed by atoms with Gasteiger partial charge in [-0.15, -0.1) is 0 Å². The monoisotopic (exact) mass is 260 g/mol. The molecule has 1 aromatic carbocycles. The van der Waals surface area contributed by atoms with E-state index in [1.54, 1.807) is 0 Å². The highest BCUT2D eigenvalue weighted by Gasteiger charge is 2.46. The molecule has 0 saturated carbocycles. The molecule has 1 aromatic rings. The zero-order chi connectivity index (χ0) is 14.2. The Morgan fingerprint density at radius 3 is 2.53 bits per heavy atom. The van der Waals surface area contributed by atoms with Crippen molar-refractivity contribution in [2.45, 2.75) is 45.6 Å². The minimum Gasteiger partial charge on any atom is -0.330 e. The molecule has 3 heteroatoms. The number of nitrogens with two attached hydrogens (primary N) is 1. The summed E-state index contributed by atoms with van der Waals surface area (Å²) in [5.74, 6) is 0.811. The lowest BCUT2D eigenvalue weighted by Crippen LogP contribution is -2.46. The lowest BCUT2D eigenvalue weighted by molar-refractivity contribution is -0.117. The number of amides is 1. The molecule has 3 nitrogen and oxygen atoms in total. The lowest BCUT2D eigenvalue weighted by atomic mass is 9.87. The molecule has 0 spiro atoms. The van der Waals surface area contributed by atoms with Crippen molar-refractivity contribution in [2.75, 3.05) is 11.4 Å². The van der Waals surface area contributed by atoms with E-state index in [2.05, 4.69) is 33.8 Å². The maximum absolute atomic E-state index is 12.4. The lowest BCUT2D eigenvalue weighted by Gasteiger charge is -2.37. The van der Waals surface area contributed by atoms with Crippen LogP contribution in [0.4, 0.5) is 5.69 Å². The second-order valence-corrected chi connectivity index (χ2v) is 6.23. The van der Waals surface area contributed by atoms with Crippen molar-refractivity contribution >= 4 is 11.6 Å². The van der Waals surface area contributed by atoms with E-state index in [-0.39, 0.29) is 17.4 Å². The summed E-state index contributed by atoms with van der Waals surface area (Å²) in [4.78, 5) is 14.4. The van der Waals surface area contributed by atoms with E-state index >= 15 is 0 Å². The fourth-order valence-electron chi connectivity index (χ4n) is 3.05. The van der Waals surface area contributed by atoms with Crippen LogP contribution in [-0.4, -0.2) is 18.0 Å². The first kappa shape index (κ1) is 14.1. The third-order valence-electron chi connectivity index (χ3n) is 4.33. The van der Waals surface area contributed by atoms with Gasteiger partial charge in [0.1, 0.15) is 0 Å². The fraction of sp³-hybridized carbons (Fsp3) is 0.562. The molecule has 2 rings (SSSR count). The summed E-state index contributed by atoms with van der Waals surface area (Å²) in [6.07, 6.45) is 0.552. The van der Waals surface area contributed by atoms with E-state index in [1.165, 1.54) is 5.56 Å². The van der Waals surface area contributed by atoms with Gasteiger partial charge in [0, 0.05) is 23.6 Å². The number of carbonyl (C=O) groups is 1. The molecule has 104 valence electrons. The van der Waals surface area contributed by atoms with Crippen molar-refractivity contribution in [3.8, 4) is 0 Å². The number of hydrogen-bond donors (Lipinski definition) is 1. The van der Waals surface area contributed by atoms with E-state index in [9.17, 15) is 4.79 Å². The van der Waals surface area contributed by atoms with Crippen molar-refractivity contribution in [1.29, 1.82) is 0 Å². The third kappa shape index (κ3) is 2.27. The van der Waals surface area contributed by atoms with Crippen LogP contribution in [0.3, 0.4) is 0 Å². The number of nitrogens with zero attached hydrogens (tertiary/aromatic N) is 1. The Bertz CT molecular complexity index is 479. The van der Waals surface area contributed by atoms with Gasteiger partial charge in [-0.3, -0.25) is 4.79 Å². The predicted molar refractivity (Wildman–Crippen MR) is 79.3 cm³/mol. The second kappa shape index (κ2) is 4.97. The minimum atomic E-state index is -0.211. The molecule has 19 heavy (non-hydrogen) atoms. The Hall–Kier alpha value is -1.35. The van der Waals surface area contributed by atoms with Crippen molar-refractivity contribution in [3.63, 3.8) is 0 Å². The molecule has 1 atom stereocenters. The zero-order valence-electron chi connectivity index (χ0n) is 12.3. The van der Waals surface area contributed by atoms with E-state index < -0.39 is 0 Å². The van der Waals surface area contributed by atoms with Crippen LogP contribution in [0.15, 0.2) is 24.3 Å². The third-order valence-corrected chi connectivity index (χ3v) is 4.33. The highest BCUT2D eigenvalue weighted by atomic mass is 16.2. The Kier molecular flexibility index (Phi) is 3.68. The molecule has 0 bridgehead atoms.